The summed E-state index contributed by atoms with van der Waals surface area (Å²) in [6, 6.07) is 7.90. The van der Waals surface area contributed by atoms with Crippen molar-refractivity contribution in [2.75, 3.05) is 37.5 Å². The molecule has 2 rings (SSSR count). The fourth-order valence-electron chi connectivity index (χ4n) is 1.68. The Morgan fingerprint density at radius 1 is 1.22 bits per heavy atom. The number of fused-ring (bicyclic) bond motifs is 1. The Hall–Kier alpha value is -1.88. The lowest BCUT2D eigenvalue weighted by molar-refractivity contribution is 0.292. The Kier molecular flexibility index (Phi) is 3.94. The highest BCUT2D eigenvalue weighted by molar-refractivity contribution is 5.90. The first-order valence-corrected chi connectivity index (χ1v) is 6.01. The summed E-state index contributed by atoms with van der Waals surface area (Å²) < 4.78 is 0. The van der Waals surface area contributed by atoms with Crippen LogP contribution in [0.1, 0.15) is 6.42 Å². The van der Waals surface area contributed by atoms with Crippen LogP contribution in [0.2, 0.25) is 0 Å². The molecule has 0 fully saturated rings. The molecule has 1 aromatic heterocycles. The summed E-state index contributed by atoms with van der Waals surface area (Å²) in [5, 5.41) is 13.1. The van der Waals surface area contributed by atoms with Crippen molar-refractivity contribution in [3.05, 3.63) is 24.3 Å². The van der Waals surface area contributed by atoms with Crippen molar-refractivity contribution in [3.63, 3.8) is 0 Å². The Morgan fingerprint density at radius 3 is 2.72 bits per heavy atom. The average molecular weight is 246 g/mol. The first-order valence-electron chi connectivity index (χ1n) is 6.01. The molecule has 0 aliphatic carbocycles. The predicted octanol–water partition coefficient (Wildman–Crippen LogP) is 1.49. The van der Waals surface area contributed by atoms with Crippen LogP contribution in [-0.2, 0) is 0 Å². The van der Waals surface area contributed by atoms with Crippen molar-refractivity contribution in [2.45, 2.75) is 6.42 Å². The minimum absolute atomic E-state index is 0.177. The fraction of sp³-hybridized carbons (Fsp3) is 0.385. The van der Waals surface area contributed by atoms with E-state index < -0.39 is 0 Å². The molecule has 0 unspecified atom stereocenters. The van der Waals surface area contributed by atoms with Gasteiger partial charge < -0.3 is 15.3 Å². The second-order valence-electron chi connectivity index (χ2n) is 4.29. The molecule has 0 atom stereocenters. The molecule has 0 spiro atoms. The molecule has 2 aromatic rings. The molecule has 0 bridgehead atoms. The van der Waals surface area contributed by atoms with Gasteiger partial charge in [-0.1, -0.05) is 12.1 Å². The van der Waals surface area contributed by atoms with Gasteiger partial charge in [0.1, 0.15) is 5.82 Å². The molecule has 1 aromatic carbocycles. The highest BCUT2D eigenvalue weighted by Crippen LogP contribution is 2.22. The first-order chi connectivity index (χ1) is 8.72. The summed E-state index contributed by atoms with van der Waals surface area (Å²) in [5.74, 6) is 1.50. The van der Waals surface area contributed by atoms with Gasteiger partial charge in [0, 0.05) is 32.6 Å². The Morgan fingerprint density at radius 2 is 2.00 bits per heavy atom. The van der Waals surface area contributed by atoms with Crippen molar-refractivity contribution < 1.29 is 5.11 Å². The molecule has 0 aliphatic heterocycles. The van der Waals surface area contributed by atoms with E-state index in [-0.39, 0.29) is 6.61 Å². The second-order valence-corrected chi connectivity index (χ2v) is 4.29. The Labute approximate surface area is 106 Å². The van der Waals surface area contributed by atoms with Gasteiger partial charge in [0.25, 0.3) is 0 Å². The lowest BCUT2D eigenvalue weighted by Gasteiger charge is -2.14. The summed E-state index contributed by atoms with van der Waals surface area (Å²) in [4.78, 5) is 10.9. The quantitative estimate of drug-likeness (QED) is 0.783. The maximum Gasteiger partial charge on any atom is 0.227 e. The van der Waals surface area contributed by atoms with E-state index >= 15 is 0 Å². The number of aliphatic hydroxyl groups is 1. The van der Waals surface area contributed by atoms with E-state index in [1.807, 2.05) is 43.3 Å². The molecule has 5 nitrogen and oxygen atoms in total. The molecule has 0 aliphatic rings. The Balaban J connectivity index is 2.40. The lowest BCUT2D eigenvalue weighted by Crippen LogP contribution is -2.15. The zero-order chi connectivity index (χ0) is 13.0. The van der Waals surface area contributed by atoms with Gasteiger partial charge in [-0.3, -0.25) is 0 Å². The molecule has 5 heteroatoms. The maximum absolute atomic E-state index is 8.82. The minimum Gasteiger partial charge on any atom is -0.396 e. The van der Waals surface area contributed by atoms with E-state index in [2.05, 4.69) is 15.3 Å². The van der Waals surface area contributed by atoms with Gasteiger partial charge in [0.05, 0.1) is 5.52 Å². The van der Waals surface area contributed by atoms with E-state index in [4.69, 9.17) is 5.11 Å². The normalized spacial score (nSPS) is 10.6. The van der Waals surface area contributed by atoms with Crippen molar-refractivity contribution in [2.24, 2.45) is 0 Å². The third kappa shape index (κ3) is 2.68. The maximum atomic E-state index is 8.82. The molecule has 0 saturated heterocycles. The number of benzene rings is 1. The largest absolute Gasteiger partial charge is 0.396 e. The van der Waals surface area contributed by atoms with E-state index in [9.17, 15) is 0 Å². The first kappa shape index (κ1) is 12.6. The monoisotopic (exact) mass is 246 g/mol. The standard InChI is InChI=1S/C13H18N4O/c1-17(2)13-15-11-7-4-3-6-10(11)12(16-13)14-8-5-9-18/h3-4,6-7,18H,5,8-9H2,1-2H3,(H,14,15,16). The topological polar surface area (TPSA) is 61.3 Å². The minimum atomic E-state index is 0.177. The number of para-hydroxylation sites is 1. The molecule has 18 heavy (non-hydrogen) atoms. The van der Waals surface area contributed by atoms with Crippen LogP contribution in [0, 0.1) is 0 Å². The van der Waals surface area contributed by atoms with Crippen LogP contribution >= 0.6 is 0 Å². The van der Waals surface area contributed by atoms with Crippen LogP contribution in [0.5, 0.6) is 0 Å². The number of rotatable bonds is 5. The van der Waals surface area contributed by atoms with Crippen LogP contribution in [0.15, 0.2) is 24.3 Å². The molecule has 1 heterocycles. The van der Waals surface area contributed by atoms with Crippen molar-refractivity contribution >= 4 is 22.7 Å². The van der Waals surface area contributed by atoms with Crippen LogP contribution < -0.4 is 10.2 Å². The summed E-state index contributed by atoms with van der Waals surface area (Å²) >= 11 is 0. The van der Waals surface area contributed by atoms with Gasteiger partial charge in [-0.2, -0.15) is 4.98 Å². The number of hydrogen-bond acceptors (Lipinski definition) is 5. The van der Waals surface area contributed by atoms with Gasteiger partial charge in [0.2, 0.25) is 5.95 Å². The van der Waals surface area contributed by atoms with Crippen LogP contribution in [0.25, 0.3) is 10.9 Å². The van der Waals surface area contributed by atoms with Gasteiger partial charge in [0.15, 0.2) is 0 Å². The molecule has 2 N–H and O–H groups in total. The van der Waals surface area contributed by atoms with Gasteiger partial charge in [-0.15, -0.1) is 0 Å². The number of aliphatic hydroxyl groups excluding tert-OH is 1. The number of nitrogens with zero attached hydrogens (tertiary/aromatic N) is 3. The second kappa shape index (κ2) is 5.64. The van der Waals surface area contributed by atoms with Crippen LogP contribution in [0.4, 0.5) is 11.8 Å². The smallest absolute Gasteiger partial charge is 0.227 e. The number of nitrogens with one attached hydrogen (secondary N) is 1. The fourth-order valence-corrected chi connectivity index (χ4v) is 1.68. The summed E-state index contributed by atoms with van der Waals surface area (Å²) in [5.41, 5.74) is 0.919. The van der Waals surface area contributed by atoms with E-state index in [0.717, 1.165) is 16.7 Å². The van der Waals surface area contributed by atoms with Crippen molar-refractivity contribution in [1.82, 2.24) is 9.97 Å². The highest BCUT2D eigenvalue weighted by Gasteiger charge is 2.07. The van der Waals surface area contributed by atoms with Crippen molar-refractivity contribution in [1.29, 1.82) is 0 Å². The SMILES string of the molecule is CN(C)c1nc(NCCCO)c2ccccc2n1. The van der Waals surface area contributed by atoms with Gasteiger partial charge in [-0.05, 0) is 18.6 Å². The number of aromatic nitrogens is 2. The number of anilines is 2. The summed E-state index contributed by atoms with van der Waals surface area (Å²) in [6.07, 6.45) is 0.704. The highest BCUT2D eigenvalue weighted by atomic mass is 16.3. The third-order valence-corrected chi connectivity index (χ3v) is 2.62. The van der Waals surface area contributed by atoms with E-state index in [1.165, 1.54) is 0 Å². The van der Waals surface area contributed by atoms with Gasteiger partial charge >= 0.3 is 0 Å². The van der Waals surface area contributed by atoms with Crippen LogP contribution in [0.3, 0.4) is 0 Å². The Bertz CT molecular complexity index is 527. The molecule has 0 amide bonds. The summed E-state index contributed by atoms with van der Waals surface area (Å²) in [6.45, 7) is 0.876. The lowest BCUT2D eigenvalue weighted by atomic mass is 10.2. The molecule has 0 saturated carbocycles. The van der Waals surface area contributed by atoms with Crippen molar-refractivity contribution in [3.8, 4) is 0 Å². The predicted molar refractivity (Wildman–Crippen MR) is 74.1 cm³/mol. The third-order valence-electron chi connectivity index (χ3n) is 2.62. The van der Waals surface area contributed by atoms with Gasteiger partial charge in [-0.25, -0.2) is 4.98 Å². The number of hydrogen-bond donors (Lipinski definition) is 2. The molecular formula is C13H18N4O. The van der Waals surface area contributed by atoms with E-state index in [0.29, 0.717) is 18.9 Å². The molecule has 96 valence electrons. The summed E-state index contributed by atoms with van der Waals surface area (Å²) in [7, 11) is 3.84. The van der Waals surface area contributed by atoms with E-state index in [1.54, 1.807) is 0 Å². The average Bonchev–Trinajstić information content (AvgIpc) is 2.38. The zero-order valence-electron chi connectivity index (χ0n) is 10.7. The molecular weight excluding hydrogens is 228 g/mol. The van der Waals surface area contributed by atoms with Crippen LogP contribution in [-0.4, -0.2) is 42.3 Å². The zero-order valence-corrected chi connectivity index (χ0v) is 10.7. The molecule has 0 radical (unpaired) electrons.